The second-order valence-electron chi connectivity index (χ2n) is 3.24. The highest BCUT2D eigenvalue weighted by Gasteiger charge is 2.10. The fourth-order valence-corrected chi connectivity index (χ4v) is 0.784. The van der Waals surface area contributed by atoms with E-state index in [0.717, 1.165) is 0 Å². The molecule has 0 aromatic rings. The molecule has 9 heavy (non-hydrogen) atoms. The van der Waals surface area contributed by atoms with Crippen molar-refractivity contribution in [2.24, 2.45) is 11.8 Å². The summed E-state index contributed by atoms with van der Waals surface area (Å²) in [4.78, 5) is 0. The smallest absolute Gasteiger partial charge is 0.0976 e. The van der Waals surface area contributed by atoms with Crippen LogP contribution in [0.3, 0.4) is 0 Å². The lowest BCUT2D eigenvalue weighted by Gasteiger charge is -2.15. The second kappa shape index (κ2) is 3.86. The van der Waals surface area contributed by atoms with Crippen LogP contribution in [0.1, 0.15) is 34.1 Å². The zero-order valence-corrected chi connectivity index (χ0v) is 6.82. The van der Waals surface area contributed by atoms with Gasteiger partial charge in [-0.05, 0) is 25.2 Å². The summed E-state index contributed by atoms with van der Waals surface area (Å²) in [5.41, 5.74) is 0. The predicted molar refractivity (Wildman–Crippen MR) is 39.2 cm³/mol. The van der Waals surface area contributed by atoms with Crippen LogP contribution >= 0.6 is 0 Å². The Hall–Kier alpha value is -0.0700. The predicted octanol–water partition coefficient (Wildman–Crippen LogP) is 3.03. The molecular weight excluding hydrogens is 115 g/mol. The van der Waals surface area contributed by atoms with Crippen molar-refractivity contribution >= 4 is 0 Å². The van der Waals surface area contributed by atoms with Gasteiger partial charge in [0.15, 0.2) is 0 Å². The van der Waals surface area contributed by atoms with Gasteiger partial charge in [-0.15, -0.1) is 0 Å². The van der Waals surface area contributed by atoms with Crippen molar-refractivity contribution in [1.29, 1.82) is 0 Å². The van der Waals surface area contributed by atoms with Gasteiger partial charge in [0.25, 0.3) is 0 Å². The molecule has 0 amide bonds. The Bertz CT molecular complexity index is 67.0. The number of alkyl halides is 1. The zero-order chi connectivity index (χ0) is 7.44. The minimum atomic E-state index is -0.637. The van der Waals surface area contributed by atoms with Crippen LogP contribution in [0.15, 0.2) is 0 Å². The van der Waals surface area contributed by atoms with E-state index in [1.165, 1.54) is 0 Å². The van der Waals surface area contributed by atoms with Crippen LogP contribution in [0.2, 0.25) is 0 Å². The van der Waals surface area contributed by atoms with E-state index in [2.05, 4.69) is 20.8 Å². The number of rotatable bonds is 3. The first-order chi connectivity index (χ1) is 4.04. The molecule has 0 saturated heterocycles. The standard InChI is InChI=1S/C8H17F/c1-6(2)7(3)5-8(4)9/h6-8H,5H2,1-4H3. The van der Waals surface area contributed by atoms with Crippen molar-refractivity contribution in [3.8, 4) is 0 Å². The molecule has 0 aliphatic heterocycles. The van der Waals surface area contributed by atoms with Gasteiger partial charge in [0.05, 0.1) is 6.17 Å². The molecule has 0 rings (SSSR count). The Kier molecular flexibility index (Phi) is 3.83. The van der Waals surface area contributed by atoms with E-state index < -0.39 is 6.17 Å². The van der Waals surface area contributed by atoms with E-state index in [4.69, 9.17) is 0 Å². The van der Waals surface area contributed by atoms with Gasteiger partial charge in [-0.25, -0.2) is 4.39 Å². The van der Waals surface area contributed by atoms with Gasteiger partial charge in [0, 0.05) is 0 Å². The van der Waals surface area contributed by atoms with Gasteiger partial charge >= 0.3 is 0 Å². The molecule has 0 aliphatic rings. The van der Waals surface area contributed by atoms with Crippen LogP contribution in [-0.4, -0.2) is 6.17 Å². The molecule has 2 unspecified atom stereocenters. The third kappa shape index (κ3) is 4.43. The summed E-state index contributed by atoms with van der Waals surface area (Å²) >= 11 is 0. The molecule has 0 saturated carbocycles. The highest BCUT2D eigenvalue weighted by molar-refractivity contribution is 4.60. The first-order valence-electron chi connectivity index (χ1n) is 3.68. The van der Waals surface area contributed by atoms with Crippen molar-refractivity contribution < 1.29 is 4.39 Å². The monoisotopic (exact) mass is 132 g/mol. The van der Waals surface area contributed by atoms with Crippen LogP contribution in [0.5, 0.6) is 0 Å². The highest BCUT2D eigenvalue weighted by atomic mass is 19.1. The minimum Gasteiger partial charge on any atom is -0.248 e. The van der Waals surface area contributed by atoms with Gasteiger partial charge in [-0.1, -0.05) is 20.8 Å². The van der Waals surface area contributed by atoms with Crippen molar-refractivity contribution in [3.05, 3.63) is 0 Å². The molecule has 0 radical (unpaired) electrons. The maximum atomic E-state index is 12.3. The molecule has 0 bridgehead atoms. The van der Waals surface area contributed by atoms with Gasteiger partial charge in [-0.2, -0.15) is 0 Å². The topological polar surface area (TPSA) is 0 Å². The van der Waals surface area contributed by atoms with Crippen molar-refractivity contribution in [1.82, 2.24) is 0 Å². The van der Waals surface area contributed by atoms with E-state index in [-0.39, 0.29) is 0 Å². The van der Waals surface area contributed by atoms with Crippen molar-refractivity contribution in [3.63, 3.8) is 0 Å². The van der Waals surface area contributed by atoms with E-state index in [0.29, 0.717) is 18.3 Å². The van der Waals surface area contributed by atoms with Gasteiger partial charge in [0.1, 0.15) is 0 Å². The average molecular weight is 132 g/mol. The lowest BCUT2D eigenvalue weighted by Crippen LogP contribution is -2.08. The first-order valence-corrected chi connectivity index (χ1v) is 3.68. The van der Waals surface area contributed by atoms with Crippen LogP contribution in [0.4, 0.5) is 4.39 Å². The van der Waals surface area contributed by atoms with E-state index >= 15 is 0 Å². The number of halogens is 1. The first kappa shape index (κ1) is 8.93. The Balaban J connectivity index is 3.38. The van der Waals surface area contributed by atoms with Crippen LogP contribution in [0, 0.1) is 11.8 Å². The maximum absolute atomic E-state index is 12.3. The Morgan fingerprint density at radius 2 is 1.56 bits per heavy atom. The average Bonchev–Trinajstić information content (AvgIpc) is 1.63. The Morgan fingerprint density at radius 1 is 1.11 bits per heavy atom. The van der Waals surface area contributed by atoms with Gasteiger partial charge in [-0.3, -0.25) is 0 Å². The van der Waals surface area contributed by atoms with Gasteiger partial charge < -0.3 is 0 Å². The molecule has 0 spiro atoms. The third-order valence-electron chi connectivity index (χ3n) is 1.83. The molecule has 0 aromatic carbocycles. The van der Waals surface area contributed by atoms with Crippen molar-refractivity contribution in [2.45, 2.75) is 40.3 Å². The fourth-order valence-electron chi connectivity index (χ4n) is 0.784. The molecule has 0 N–H and O–H groups in total. The molecule has 0 nitrogen and oxygen atoms in total. The summed E-state index contributed by atoms with van der Waals surface area (Å²) in [7, 11) is 0. The molecule has 56 valence electrons. The van der Waals surface area contributed by atoms with Crippen molar-refractivity contribution in [2.75, 3.05) is 0 Å². The number of hydrogen-bond donors (Lipinski definition) is 0. The molecule has 0 fully saturated rings. The maximum Gasteiger partial charge on any atom is 0.0976 e. The van der Waals surface area contributed by atoms with Crippen LogP contribution < -0.4 is 0 Å². The lowest BCUT2D eigenvalue weighted by atomic mass is 9.93. The molecule has 2 atom stereocenters. The Labute approximate surface area is 57.5 Å². The minimum absolute atomic E-state index is 0.519. The zero-order valence-electron chi connectivity index (χ0n) is 6.82. The SMILES string of the molecule is CC(F)CC(C)C(C)C. The highest BCUT2D eigenvalue weighted by Crippen LogP contribution is 2.16. The third-order valence-corrected chi connectivity index (χ3v) is 1.83. The summed E-state index contributed by atoms with van der Waals surface area (Å²) < 4.78 is 12.3. The molecule has 0 heterocycles. The summed E-state index contributed by atoms with van der Waals surface area (Å²) in [6.07, 6.45) is 0.0694. The molecular formula is C8H17F. The largest absolute Gasteiger partial charge is 0.248 e. The summed E-state index contributed by atoms with van der Waals surface area (Å²) in [6, 6.07) is 0. The summed E-state index contributed by atoms with van der Waals surface area (Å²) in [5.74, 6) is 1.13. The van der Waals surface area contributed by atoms with E-state index in [9.17, 15) is 4.39 Å². The molecule has 0 aliphatic carbocycles. The molecule has 1 heteroatoms. The quantitative estimate of drug-likeness (QED) is 0.553. The normalized spacial score (nSPS) is 18.0. The van der Waals surface area contributed by atoms with Crippen LogP contribution in [-0.2, 0) is 0 Å². The van der Waals surface area contributed by atoms with Crippen LogP contribution in [0.25, 0.3) is 0 Å². The summed E-state index contributed by atoms with van der Waals surface area (Å²) in [5, 5.41) is 0. The van der Waals surface area contributed by atoms with E-state index in [1.807, 2.05) is 0 Å². The Morgan fingerprint density at radius 3 is 1.67 bits per heavy atom. The number of hydrogen-bond acceptors (Lipinski definition) is 0. The van der Waals surface area contributed by atoms with E-state index in [1.54, 1.807) is 6.92 Å². The second-order valence-corrected chi connectivity index (χ2v) is 3.24. The lowest BCUT2D eigenvalue weighted by molar-refractivity contribution is 0.262. The molecule has 0 aromatic heterocycles. The van der Waals surface area contributed by atoms with Gasteiger partial charge in [0.2, 0.25) is 0 Å². The summed E-state index contributed by atoms with van der Waals surface area (Å²) in [6.45, 7) is 7.99. The fraction of sp³-hybridized carbons (Fsp3) is 1.00.